The summed E-state index contributed by atoms with van der Waals surface area (Å²) in [6, 6.07) is 67.4. The Labute approximate surface area is 374 Å². The predicted octanol–water partition coefficient (Wildman–Crippen LogP) is 16.0. The molecule has 5 aromatic heterocycles. The molecule has 0 saturated heterocycles. The summed E-state index contributed by atoms with van der Waals surface area (Å²) in [4.78, 5) is 16.1. The molecular weight excluding hydrogens is 813 g/mol. The molecule has 0 amide bonds. The monoisotopic (exact) mass is 844 g/mol. The van der Waals surface area contributed by atoms with Crippen LogP contribution < -0.4 is 0 Å². The first-order valence-electron chi connectivity index (χ1n) is 22.1. The summed E-state index contributed by atoms with van der Waals surface area (Å²) in [6.45, 7) is 0. The smallest absolute Gasteiger partial charge is 0.238 e. The van der Waals surface area contributed by atoms with E-state index in [0.29, 0.717) is 17.6 Å². The summed E-state index contributed by atoms with van der Waals surface area (Å²) in [5, 5.41) is 13.2. The maximum Gasteiger partial charge on any atom is 0.238 e. The molecule has 0 aliphatic carbocycles. The highest BCUT2D eigenvalue weighted by Crippen LogP contribution is 2.43. The summed E-state index contributed by atoms with van der Waals surface area (Å²) >= 11 is 0. The minimum Gasteiger partial charge on any atom is -0.456 e. The van der Waals surface area contributed by atoms with Crippen molar-refractivity contribution >= 4 is 109 Å². The number of furan rings is 3. The zero-order chi connectivity index (χ0) is 43.0. The first-order chi connectivity index (χ1) is 32.7. The standard InChI is InChI=1S/C59H32N4O3/c1-3-12-38-33(10-1)24-29-50-54(38)47-28-21-35(30-53(47)66-50)40-16-9-17-45-46-27-20-34-11-2-4-13-39(34)55(46)63(56(40)45)59-61-57(36-22-25-43-41-14-5-7-18-48(41)64-51(43)31-36)60-58(62-59)37-23-26-44-42-15-6-8-19-49(42)65-52(44)32-37/h1-32H. The van der Waals surface area contributed by atoms with Crippen molar-refractivity contribution in [2.75, 3.05) is 0 Å². The molecule has 0 spiro atoms. The van der Waals surface area contributed by atoms with Crippen LogP contribution >= 0.6 is 0 Å². The molecule has 306 valence electrons. The summed E-state index contributed by atoms with van der Waals surface area (Å²) in [5.74, 6) is 1.53. The summed E-state index contributed by atoms with van der Waals surface area (Å²) in [6.07, 6.45) is 0. The van der Waals surface area contributed by atoms with E-state index in [4.69, 9.17) is 28.2 Å². The van der Waals surface area contributed by atoms with Gasteiger partial charge in [0.15, 0.2) is 11.6 Å². The van der Waals surface area contributed by atoms with Crippen molar-refractivity contribution in [1.82, 2.24) is 19.5 Å². The number of aromatic nitrogens is 4. The van der Waals surface area contributed by atoms with Crippen LogP contribution in [-0.2, 0) is 0 Å². The van der Waals surface area contributed by atoms with Gasteiger partial charge in [0.05, 0.1) is 11.0 Å². The van der Waals surface area contributed by atoms with Crippen LogP contribution in [-0.4, -0.2) is 19.5 Å². The average molecular weight is 845 g/mol. The molecule has 0 fully saturated rings. The second-order valence-electron chi connectivity index (χ2n) is 17.1. The number of hydrogen-bond donors (Lipinski definition) is 0. The van der Waals surface area contributed by atoms with Gasteiger partial charge in [0.1, 0.15) is 33.5 Å². The molecule has 0 aliphatic rings. The number of hydrogen-bond acceptors (Lipinski definition) is 6. The van der Waals surface area contributed by atoms with Gasteiger partial charge in [-0.15, -0.1) is 0 Å². The summed E-state index contributed by atoms with van der Waals surface area (Å²) in [5.41, 5.74) is 10.5. The highest BCUT2D eigenvalue weighted by atomic mass is 16.3. The molecule has 15 rings (SSSR count). The highest BCUT2D eigenvalue weighted by Gasteiger charge is 2.24. The topological polar surface area (TPSA) is 83.0 Å². The summed E-state index contributed by atoms with van der Waals surface area (Å²) in [7, 11) is 0. The second-order valence-corrected chi connectivity index (χ2v) is 17.1. The molecule has 0 radical (unpaired) electrons. The van der Waals surface area contributed by atoms with E-state index in [0.717, 1.165) is 121 Å². The van der Waals surface area contributed by atoms with Crippen LogP contribution in [0.15, 0.2) is 207 Å². The average Bonchev–Trinajstić information content (AvgIpc) is 4.14. The Kier molecular flexibility index (Phi) is 7.10. The zero-order valence-corrected chi connectivity index (χ0v) is 35.0. The van der Waals surface area contributed by atoms with Crippen LogP contribution in [0, 0.1) is 0 Å². The first-order valence-corrected chi connectivity index (χ1v) is 22.1. The van der Waals surface area contributed by atoms with E-state index in [-0.39, 0.29) is 0 Å². The molecule has 5 heterocycles. The maximum absolute atomic E-state index is 6.64. The quantitative estimate of drug-likeness (QED) is 0.175. The molecule has 0 N–H and O–H groups in total. The molecule has 7 nitrogen and oxygen atoms in total. The third kappa shape index (κ3) is 5.05. The van der Waals surface area contributed by atoms with Gasteiger partial charge in [-0.3, -0.25) is 4.57 Å². The number of para-hydroxylation sites is 3. The van der Waals surface area contributed by atoms with Gasteiger partial charge in [0.25, 0.3) is 0 Å². The van der Waals surface area contributed by atoms with Crippen molar-refractivity contribution in [2.45, 2.75) is 0 Å². The predicted molar refractivity (Wildman–Crippen MR) is 267 cm³/mol. The van der Waals surface area contributed by atoms with Gasteiger partial charge < -0.3 is 13.3 Å². The minimum atomic E-state index is 0.490. The van der Waals surface area contributed by atoms with Crippen LogP contribution in [0.1, 0.15) is 0 Å². The lowest BCUT2D eigenvalue weighted by atomic mass is 9.99. The molecule has 0 atom stereocenters. The molecule has 0 bridgehead atoms. The third-order valence-electron chi connectivity index (χ3n) is 13.4. The van der Waals surface area contributed by atoms with Gasteiger partial charge >= 0.3 is 0 Å². The molecule has 66 heavy (non-hydrogen) atoms. The van der Waals surface area contributed by atoms with E-state index in [1.165, 1.54) is 10.8 Å². The second kappa shape index (κ2) is 13.2. The molecule has 0 saturated carbocycles. The third-order valence-corrected chi connectivity index (χ3v) is 13.4. The number of rotatable bonds is 4. The minimum absolute atomic E-state index is 0.490. The Bertz CT molecular complexity index is 4420. The van der Waals surface area contributed by atoms with E-state index >= 15 is 0 Å². The summed E-state index contributed by atoms with van der Waals surface area (Å²) < 4.78 is 21.7. The van der Waals surface area contributed by atoms with Crippen molar-refractivity contribution < 1.29 is 13.3 Å². The van der Waals surface area contributed by atoms with Gasteiger partial charge in [-0.25, -0.2) is 4.98 Å². The van der Waals surface area contributed by atoms with E-state index in [1.54, 1.807) is 0 Å². The lowest BCUT2D eigenvalue weighted by molar-refractivity contribution is 0.668. The van der Waals surface area contributed by atoms with Crippen LogP contribution in [0.5, 0.6) is 0 Å². The first kappa shape index (κ1) is 35.4. The number of benzene rings is 10. The fraction of sp³-hybridized carbons (Fsp3) is 0. The van der Waals surface area contributed by atoms with Crippen LogP contribution in [0.3, 0.4) is 0 Å². The molecule has 0 unspecified atom stereocenters. The Morgan fingerprint density at radius 1 is 0.303 bits per heavy atom. The Balaban J connectivity index is 1.02. The SMILES string of the molecule is c1ccc2c(c1)ccc1oc3cc(-c4cccc5c6ccc7ccccc7c6n(-c6nc(-c7ccc8c(c7)oc7ccccc78)nc(-c7ccc8c(c7)oc7ccccc78)n6)c45)ccc3c12. The van der Waals surface area contributed by atoms with E-state index in [2.05, 4.69) is 150 Å². The van der Waals surface area contributed by atoms with Crippen molar-refractivity contribution in [1.29, 1.82) is 0 Å². The van der Waals surface area contributed by atoms with Gasteiger partial charge in [0, 0.05) is 65.2 Å². The van der Waals surface area contributed by atoms with Crippen molar-refractivity contribution in [3.63, 3.8) is 0 Å². The fourth-order valence-electron chi connectivity index (χ4n) is 10.4. The molecule has 15 aromatic rings. The number of fused-ring (bicyclic) bond motifs is 16. The molecular formula is C59H32N4O3. The van der Waals surface area contributed by atoms with E-state index in [1.807, 2.05) is 48.5 Å². The lowest BCUT2D eigenvalue weighted by Gasteiger charge is -2.14. The van der Waals surface area contributed by atoms with Gasteiger partial charge in [-0.2, -0.15) is 9.97 Å². The normalized spacial score (nSPS) is 12.2. The number of nitrogens with zero attached hydrogens (tertiary/aromatic N) is 4. The largest absolute Gasteiger partial charge is 0.456 e. The van der Waals surface area contributed by atoms with Crippen molar-refractivity contribution in [2.24, 2.45) is 0 Å². The molecule has 7 heteroatoms. The Hall–Kier alpha value is -9.07. The van der Waals surface area contributed by atoms with Crippen molar-refractivity contribution in [3.8, 4) is 39.9 Å². The molecule has 0 aliphatic heterocycles. The van der Waals surface area contributed by atoms with Gasteiger partial charge in [-0.1, -0.05) is 140 Å². The molecule has 10 aromatic carbocycles. The lowest BCUT2D eigenvalue weighted by Crippen LogP contribution is -2.07. The highest BCUT2D eigenvalue weighted by molar-refractivity contribution is 6.22. The zero-order valence-electron chi connectivity index (χ0n) is 35.0. The van der Waals surface area contributed by atoms with Gasteiger partial charge in [-0.05, 0) is 76.3 Å². The van der Waals surface area contributed by atoms with Crippen LogP contribution in [0.4, 0.5) is 0 Å². The van der Waals surface area contributed by atoms with E-state index in [9.17, 15) is 0 Å². The van der Waals surface area contributed by atoms with Gasteiger partial charge in [0.2, 0.25) is 5.95 Å². The Morgan fingerprint density at radius 2 is 0.788 bits per heavy atom. The maximum atomic E-state index is 6.64. The van der Waals surface area contributed by atoms with Crippen LogP contribution in [0.25, 0.3) is 149 Å². The Morgan fingerprint density at radius 3 is 1.50 bits per heavy atom. The van der Waals surface area contributed by atoms with E-state index < -0.39 is 0 Å². The van der Waals surface area contributed by atoms with Crippen molar-refractivity contribution in [3.05, 3.63) is 194 Å². The fourth-order valence-corrected chi connectivity index (χ4v) is 10.4. The van der Waals surface area contributed by atoms with Crippen LogP contribution in [0.2, 0.25) is 0 Å².